The van der Waals surface area contributed by atoms with Crippen LogP contribution < -0.4 is 5.32 Å². The van der Waals surface area contributed by atoms with Gasteiger partial charge in [-0.15, -0.1) is 0 Å². The first-order chi connectivity index (χ1) is 8.78. The van der Waals surface area contributed by atoms with E-state index in [0.717, 1.165) is 5.92 Å². The molecular formula is C17H25N. The van der Waals surface area contributed by atoms with Crippen molar-refractivity contribution < 1.29 is 0 Å². The van der Waals surface area contributed by atoms with Gasteiger partial charge in [0.2, 0.25) is 0 Å². The second kappa shape index (κ2) is 6.75. The maximum Gasteiger partial charge on any atom is 0.00388 e. The van der Waals surface area contributed by atoms with Crippen LogP contribution >= 0.6 is 0 Å². The average molecular weight is 243 g/mol. The van der Waals surface area contributed by atoms with Crippen molar-refractivity contribution in [3.05, 3.63) is 42.0 Å². The topological polar surface area (TPSA) is 12.0 Å². The van der Waals surface area contributed by atoms with Crippen LogP contribution in [0.5, 0.6) is 0 Å². The summed E-state index contributed by atoms with van der Waals surface area (Å²) in [5.74, 6) is 0.904. The van der Waals surface area contributed by atoms with Gasteiger partial charge in [-0.2, -0.15) is 0 Å². The molecule has 1 heteroatoms. The van der Waals surface area contributed by atoms with Crippen LogP contribution in [0.15, 0.2) is 30.8 Å². The molecule has 0 radical (unpaired) electrons. The summed E-state index contributed by atoms with van der Waals surface area (Å²) in [5, 5.41) is 3.58. The van der Waals surface area contributed by atoms with Gasteiger partial charge in [-0.1, -0.05) is 36.9 Å². The fraction of sp³-hybridized carbons (Fsp3) is 0.529. The van der Waals surface area contributed by atoms with Crippen LogP contribution in [0.3, 0.4) is 0 Å². The Morgan fingerprint density at radius 2 is 2.00 bits per heavy atom. The van der Waals surface area contributed by atoms with Crippen molar-refractivity contribution in [2.75, 3.05) is 6.54 Å². The van der Waals surface area contributed by atoms with E-state index in [1.165, 1.54) is 49.8 Å². The molecule has 0 aromatic heterocycles. The molecule has 2 atom stereocenters. The molecule has 1 N–H and O–H groups in total. The molecule has 2 rings (SSSR count). The summed E-state index contributed by atoms with van der Waals surface area (Å²) in [4.78, 5) is 0. The van der Waals surface area contributed by atoms with E-state index in [9.17, 15) is 0 Å². The lowest BCUT2D eigenvalue weighted by atomic mass is 9.92. The zero-order valence-corrected chi connectivity index (χ0v) is 11.5. The fourth-order valence-corrected chi connectivity index (χ4v) is 2.75. The molecular weight excluding hydrogens is 218 g/mol. The summed E-state index contributed by atoms with van der Waals surface area (Å²) in [6.45, 7) is 7.29. The highest BCUT2D eigenvalue weighted by Crippen LogP contribution is 2.22. The number of nitrogens with one attached hydrogen (secondary N) is 1. The van der Waals surface area contributed by atoms with E-state index in [1.54, 1.807) is 0 Å². The van der Waals surface area contributed by atoms with Gasteiger partial charge in [-0.25, -0.2) is 0 Å². The number of aryl methyl sites for hydroxylation is 1. The Morgan fingerprint density at radius 1 is 1.22 bits per heavy atom. The zero-order chi connectivity index (χ0) is 12.8. The van der Waals surface area contributed by atoms with E-state index in [1.807, 2.05) is 6.08 Å². The van der Waals surface area contributed by atoms with E-state index in [-0.39, 0.29) is 0 Å². The highest BCUT2D eigenvalue weighted by atomic mass is 14.9. The van der Waals surface area contributed by atoms with Crippen LogP contribution in [0, 0.1) is 5.92 Å². The van der Waals surface area contributed by atoms with Crippen molar-refractivity contribution in [3.8, 4) is 0 Å². The summed E-state index contributed by atoms with van der Waals surface area (Å²) in [7, 11) is 0. The van der Waals surface area contributed by atoms with Gasteiger partial charge in [0.1, 0.15) is 0 Å². The SMILES string of the molecule is C=Cc1ccc(CCC2CCNC(C)CC2)cc1. The van der Waals surface area contributed by atoms with Crippen LogP contribution in [0.2, 0.25) is 0 Å². The van der Waals surface area contributed by atoms with Crippen molar-refractivity contribution in [2.45, 2.75) is 45.1 Å². The summed E-state index contributed by atoms with van der Waals surface area (Å²) < 4.78 is 0. The normalized spacial score (nSPS) is 24.5. The molecule has 1 heterocycles. The molecule has 1 nitrogen and oxygen atoms in total. The largest absolute Gasteiger partial charge is 0.314 e. The van der Waals surface area contributed by atoms with Crippen molar-refractivity contribution in [1.82, 2.24) is 5.32 Å². The molecule has 1 aliphatic rings. The lowest BCUT2D eigenvalue weighted by Crippen LogP contribution is -2.24. The minimum Gasteiger partial charge on any atom is -0.314 e. The monoisotopic (exact) mass is 243 g/mol. The van der Waals surface area contributed by atoms with Gasteiger partial charge < -0.3 is 5.32 Å². The van der Waals surface area contributed by atoms with Crippen molar-refractivity contribution in [3.63, 3.8) is 0 Å². The van der Waals surface area contributed by atoms with E-state index in [4.69, 9.17) is 0 Å². The molecule has 0 amide bonds. The van der Waals surface area contributed by atoms with E-state index in [0.29, 0.717) is 6.04 Å². The van der Waals surface area contributed by atoms with Gasteiger partial charge >= 0.3 is 0 Å². The molecule has 0 spiro atoms. The Kier molecular flexibility index (Phi) is 5.00. The third kappa shape index (κ3) is 3.99. The lowest BCUT2D eigenvalue weighted by Gasteiger charge is -2.13. The number of hydrogen-bond donors (Lipinski definition) is 1. The smallest absolute Gasteiger partial charge is 0.00388 e. The minimum absolute atomic E-state index is 0.710. The Morgan fingerprint density at radius 3 is 2.72 bits per heavy atom. The van der Waals surface area contributed by atoms with Gasteiger partial charge in [-0.3, -0.25) is 0 Å². The molecule has 98 valence electrons. The van der Waals surface area contributed by atoms with Crippen LogP contribution in [0.1, 0.15) is 43.7 Å². The predicted molar refractivity (Wildman–Crippen MR) is 79.7 cm³/mol. The van der Waals surface area contributed by atoms with Gasteiger partial charge in [0.25, 0.3) is 0 Å². The standard InChI is InChI=1S/C17H25N/c1-3-15-6-8-16(9-7-15)10-11-17-5-4-14(2)18-13-12-17/h3,6-9,14,17-18H,1,4-5,10-13H2,2H3. The molecule has 2 unspecified atom stereocenters. The Bertz CT molecular complexity index is 366. The summed E-state index contributed by atoms with van der Waals surface area (Å²) in [6.07, 6.45) is 8.52. The Balaban J connectivity index is 1.81. The third-order valence-electron chi connectivity index (χ3n) is 4.11. The highest BCUT2D eigenvalue weighted by molar-refractivity contribution is 5.47. The molecule has 0 saturated carbocycles. The molecule has 18 heavy (non-hydrogen) atoms. The van der Waals surface area contributed by atoms with Crippen LogP contribution in [0.25, 0.3) is 6.08 Å². The summed E-state index contributed by atoms with van der Waals surface area (Å²) >= 11 is 0. The zero-order valence-electron chi connectivity index (χ0n) is 11.5. The second-order valence-electron chi connectivity index (χ2n) is 5.57. The Labute approximate surface area is 111 Å². The molecule has 1 aromatic carbocycles. The van der Waals surface area contributed by atoms with Gasteiger partial charge in [0.15, 0.2) is 0 Å². The van der Waals surface area contributed by atoms with E-state index < -0.39 is 0 Å². The maximum atomic E-state index is 3.79. The van der Waals surface area contributed by atoms with Crippen LogP contribution in [-0.2, 0) is 6.42 Å². The van der Waals surface area contributed by atoms with E-state index in [2.05, 4.69) is 43.1 Å². The average Bonchev–Trinajstić information content (AvgIpc) is 2.62. The lowest BCUT2D eigenvalue weighted by molar-refractivity contribution is 0.434. The number of benzene rings is 1. The van der Waals surface area contributed by atoms with Crippen molar-refractivity contribution in [1.29, 1.82) is 0 Å². The third-order valence-corrected chi connectivity index (χ3v) is 4.11. The highest BCUT2D eigenvalue weighted by Gasteiger charge is 2.15. The minimum atomic E-state index is 0.710. The summed E-state index contributed by atoms with van der Waals surface area (Å²) in [6, 6.07) is 9.53. The predicted octanol–water partition coefficient (Wildman–Crippen LogP) is 4.04. The second-order valence-corrected chi connectivity index (χ2v) is 5.57. The summed E-state index contributed by atoms with van der Waals surface area (Å²) in [5.41, 5.74) is 2.68. The first kappa shape index (κ1) is 13.4. The molecule has 0 aliphatic carbocycles. The molecule has 0 bridgehead atoms. The van der Waals surface area contributed by atoms with Gasteiger partial charge in [0.05, 0.1) is 0 Å². The van der Waals surface area contributed by atoms with Gasteiger partial charge in [0, 0.05) is 6.04 Å². The van der Waals surface area contributed by atoms with E-state index >= 15 is 0 Å². The Hall–Kier alpha value is -1.08. The first-order valence-corrected chi connectivity index (χ1v) is 7.22. The first-order valence-electron chi connectivity index (χ1n) is 7.22. The van der Waals surface area contributed by atoms with Gasteiger partial charge in [-0.05, 0) is 62.6 Å². The van der Waals surface area contributed by atoms with Crippen molar-refractivity contribution >= 4 is 6.08 Å². The van der Waals surface area contributed by atoms with Crippen LogP contribution in [-0.4, -0.2) is 12.6 Å². The fourth-order valence-electron chi connectivity index (χ4n) is 2.75. The molecule has 1 aliphatic heterocycles. The number of hydrogen-bond acceptors (Lipinski definition) is 1. The quantitative estimate of drug-likeness (QED) is 0.841. The molecule has 1 fully saturated rings. The molecule has 1 aromatic rings. The maximum absolute atomic E-state index is 3.79. The number of rotatable bonds is 4. The van der Waals surface area contributed by atoms with Crippen LogP contribution in [0.4, 0.5) is 0 Å². The molecule has 1 saturated heterocycles. The van der Waals surface area contributed by atoms with Crippen molar-refractivity contribution in [2.24, 2.45) is 5.92 Å².